The second-order valence-electron chi connectivity index (χ2n) is 3.49. The molecule has 1 aromatic carbocycles. The van der Waals surface area contributed by atoms with E-state index in [0.717, 1.165) is 6.07 Å². The number of halogens is 4. The average molecular weight is 287 g/mol. The first kappa shape index (κ1) is 12.5. The fourth-order valence-electron chi connectivity index (χ4n) is 1.61. The zero-order valence-corrected chi connectivity index (χ0v) is 9.79. The minimum Gasteiger partial charge on any atom is -0.491 e. The molecular formula is C9H6ClF3O3S. The van der Waals surface area contributed by atoms with Crippen molar-refractivity contribution in [3.05, 3.63) is 23.5 Å². The smallest absolute Gasteiger partial charge is 0.280 e. The molecule has 0 saturated heterocycles. The summed E-state index contributed by atoms with van der Waals surface area (Å²) in [6, 6.07) is 1.44. The number of ether oxygens (including phenoxy) is 1. The lowest BCUT2D eigenvalue weighted by Crippen LogP contribution is -2.25. The third-order valence-electron chi connectivity index (χ3n) is 2.36. The van der Waals surface area contributed by atoms with Gasteiger partial charge in [-0.2, -0.15) is 0 Å². The Labute approximate surface area is 99.6 Å². The normalized spacial score (nSPS) is 18.4. The predicted octanol–water partition coefficient (Wildman–Crippen LogP) is 2.63. The van der Waals surface area contributed by atoms with Gasteiger partial charge in [0.2, 0.25) is 0 Å². The molecular weight excluding hydrogens is 281 g/mol. The molecule has 1 aliphatic rings. The van der Waals surface area contributed by atoms with Gasteiger partial charge in [-0.05, 0) is 12.1 Å². The average Bonchev–Trinajstić information content (AvgIpc) is 2.13. The fourth-order valence-corrected chi connectivity index (χ4v) is 2.74. The van der Waals surface area contributed by atoms with Gasteiger partial charge in [0.25, 0.3) is 15.0 Å². The summed E-state index contributed by atoms with van der Waals surface area (Å²) < 4.78 is 67.3. The van der Waals surface area contributed by atoms with E-state index in [1.54, 1.807) is 0 Å². The minimum atomic E-state index is -4.49. The van der Waals surface area contributed by atoms with Crippen LogP contribution in [0, 0.1) is 5.82 Å². The van der Waals surface area contributed by atoms with Crippen LogP contribution in [-0.2, 0) is 15.0 Å². The van der Waals surface area contributed by atoms with Crippen LogP contribution in [0.3, 0.4) is 0 Å². The lowest BCUT2D eigenvalue weighted by Gasteiger charge is -2.26. The van der Waals surface area contributed by atoms with E-state index >= 15 is 0 Å². The van der Waals surface area contributed by atoms with E-state index in [4.69, 9.17) is 15.4 Å². The zero-order chi connectivity index (χ0) is 12.8. The second kappa shape index (κ2) is 3.78. The summed E-state index contributed by atoms with van der Waals surface area (Å²) in [5.41, 5.74) is -0.663. The third-order valence-corrected chi connectivity index (χ3v) is 3.70. The first-order chi connectivity index (χ1) is 7.73. The van der Waals surface area contributed by atoms with Crippen molar-refractivity contribution in [2.24, 2.45) is 0 Å². The van der Waals surface area contributed by atoms with Crippen LogP contribution in [0.4, 0.5) is 13.2 Å². The van der Waals surface area contributed by atoms with Crippen molar-refractivity contribution in [1.82, 2.24) is 0 Å². The monoisotopic (exact) mass is 286 g/mol. The van der Waals surface area contributed by atoms with E-state index in [1.807, 2.05) is 0 Å². The van der Waals surface area contributed by atoms with Gasteiger partial charge in [-0.1, -0.05) is 0 Å². The number of rotatable bonds is 1. The van der Waals surface area contributed by atoms with E-state index in [-0.39, 0.29) is 0 Å². The Morgan fingerprint density at radius 3 is 2.59 bits per heavy atom. The lowest BCUT2D eigenvalue weighted by atomic mass is 10.0. The Kier molecular flexibility index (Phi) is 2.78. The molecule has 0 N–H and O–H groups in total. The highest BCUT2D eigenvalue weighted by atomic mass is 35.7. The maximum absolute atomic E-state index is 13.5. The van der Waals surface area contributed by atoms with Crippen molar-refractivity contribution in [3.8, 4) is 5.75 Å². The maximum atomic E-state index is 13.5. The Morgan fingerprint density at radius 2 is 2.00 bits per heavy atom. The molecule has 0 unspecified atom stereocenters. The van der Waals surface area contributed by atoms with E-state index in [9.17, 15) is 21.6 Å². The van der Waals surface area contributed by atoms with E-state index < -0.39 is 50.0 Å². The van der Waals surface area contributed by atoms with E-state index in [2.05, 4.69) is 0 Å². The van der Waals surface area contributed by atoms with Crippen LogP contribution in [0.25, 0.3) is 0 Å². The van der Waals surface area contributed by atoms with Crippen LogP contribution in [0.1, 0.15) is 12.0 Å². The maximum Gasteiger partial charge on any atom is 0.280 e. The quantitative estimate of drug-likeness (QED) is 0.746. The van der Waals surface area contributed by atoms with Crippen molar-refractivity contribution in [3.63, 3.8) is 0 Å². The summed E-state index contributed by atoms with van der Waals surface area (Å²) in [6.07, 6.45) is -0.590. The SMILES string of the molecule is O=S(=O)(Cl)c1c(F)ccc2c1OCCC2(F)F. The van der Waals surface area contributed by atoms with Crippen molar-refractivity contribution >= 4 is 19.7 Å². The summed E-state index contributed by atoms with van der Waals surface area (Å²) in [4.78, 5) is -1.03. The summed E-state index contributed by atoms with van der Waals surface area (Å²) in [5.74, 6) is -5.16. The van der Waals surface area contributed by atoms with Crippen molar-refractivity contribution in [2.45, 2.75) is 17.2 Å². The Hall–Kier alpha value is -0.950. The molecule has 0 aromatic heterocycles. The van der Waals surface area contributed by atoms with Crippen molar-refractivity contribution < 1.29 is 26.3 Å². The van der Waals surface area contributed by atoms with Gasteiger partial charge in [-0.3, -0.25) is 0 Å². The summed E-state index contributed by atoms with van der Waals surface area (Å²) in [5, 5.41) is 0. The molecule has 0 amide bonds. The molecule has 0 fully saturated rings. The molecule has 17 heavy (non-hydrogen) atoms. The predicted molar refractivity (Wildman–Crippen MR) is 53.4 cm³/mol. The molecule has 8 heteroatoms. The molecule has 0 saturated carbocycles. The highest BCUT2D eigenvalue weighted by molar-refractivity contribution is 8.13. The zero-order valence-electron chi connectivity index (χ0n) is 8.21. The van der Waals surface area contributed by atoms with Crippen LogP contribution in [0.5, 0.6) is 5.75 Å². The van der Waals surface area contributed by atoms with Crippen LogP contribution in [0.15, 0.2) is 17.0 Å². The second-order valence-corrected chi connectivity index (χ2v) is 6.00. The first-order valence-corrected chi connectivity index (χ1v) is 6.83. The molecule has 0 aliphatic carbocycles. The minimum absolute atomic E-state index is 0.400. The molecule has 3 nitrogen and oxygen atoms in total. The standard InChI is InChI=1S/C9H6ClF3O3S/c10-17(14,15)8-6(11)2-1-5-7(8)16-4-3-9(5,12)13/h1-2H,3-4H2. The Morgan fingerprint density at radius 1 is 1.35 bits per heavy atom. The van der Waals surface area contributed by atoms with Gasteiger partial charge in [0, 0.05) is 10.7 Å². The largest absolute Gasteiger partial charge is 0.491 e. The topological polar surface area (TPSA) is 43.4 Å². The van der Waals surface area contributed by atoms with Gasteiger partial charge in [0.05, 0.1) is 18.6 Å². The lowest BCUT2D eigenvalue weighted by molar-refractivity contribution is -0.0416. The summed E-state index contributed by atoms with van der Waals surface area (Å²) in [7, 11) is 0.515. The number of hydrogen-bond donors (Lipinski definition) is 0. The molecule has 0 radical (unpaired) electrons. The van der Waals surface area contributed by atoms with Gasteiger partial charge in [-0.15, -0.1) is 0 Å². The summed E-state index contributed by atoms with van der Waals surface area (Å²) >= 11 is 0. The molecule has 1 aromatic rings. The van der Waals surface area contributed by atoms with Gasteiger partial charge in [0.1, 0.15) is 5.82 Å². The molecule has 0 bridgehead atoms. The molecule has 2 rings (SSSR count). The molecule has 0 atom stereocenters. The Bertz CT molecular complexity index is 571. The highest BCUT2D eigenvalue weighted by Gasteiger charge is 2.41. The Balaban J connectivity index is 2.79. The number of fused-ring (bicyclic) bond motifs is 1. The van der Waals surface area contributed by atoms with Crippen LogP contribution < -0.4 is 4.74 Å². The molecule has 94 valence electrons. The van der Waals surface area contributed by atoms with Gasteiger partial charge in [-0.25, -0.2) is 21.6 Å². The molecule has 1 heterocycles. The number of alkyl halides is 2. The van der Waals surface area contributed by atoms with Crippen molar-refractivity contribution in [1.29, 1.82) is 0 Å². The van der Waals surface area contributed by atoms with Crippen LogP contribution in [-0.4, -0.2) is 15.0 Å². The number of benzene rings is 1. The van der Waals surface area contributed by atoms with Crippen molar-refractivity contribution in [2.75, 3.05) is 6.61 Å². The van der Waals surface area contributed by atoms with E-state index in [0.29, 0.717) is 6.07 Å². The third kappa shape index (κ3) is 2.09. The van der Waals surface area contributed by atoms with E-state index in [1.165, 1.54) is 0 Å². The van der Waals surface area contributed by atoms with Gasteiger partial charge >= 0.3 is 0 Å². The van der Waals surface area contributed by atoms with Gasteiger partial charge in [0.15, 0.2) is 10.6 Å². The van der Waals surface area contributed by atoms with Crippen LogP contribution in [0.2, 0.25) is 0 Å². The fraction of sp³-hybridized carbons (Fsp3) is 0.333. The first-order valence-electron chi connectivity index (χ1n) is 4.52. The highest BCUT2D eigenvalue weighted by Crippen LogP contribution is 2.45. The summed E-state index contributed by atoms with van der Waals surface area (Å²) in [6.45, 7) is -0.400. The molecule has 0 spiro atoms. The van der Waals surface area contributed by atoms with Gasteiger partial charge < -0.3 is 4.74 Å². The molecule has 1 aliphatic heterocycles. The van der Waals surface area contributed by atoms with Crippen LogP contribution >= 0.6 is 10.7 Å². The number of hydrogen-bond acceptors (Lipinski definition) is 3.